The maximum absolute atomic E-state index is 11.9. The van der Waals surface area contributed by atoms with Crippen LogP contribution in [0.1, 0.15) is 18.7 Å². The highest BCUT2D eigenvalue weighted by molar-refractivity contribution is 8.00. The molecule has 6 heteroatoms. The highest BCUT2D eigenvalue weighted by Crippen LogP contribution is 2.29. The molecule has 2 aromatic rings. The average molecular weight is 306 g/mol. The topological polar surface area (TPSA) is 77.5 Å². The van der Waals surface area contributed by atoms with Crippen molar-refractivity contribution in [1.29, 1.82) is 0 Å². The van der Waals surface area contributed by atoms with E-state index < -0.39 is 0 Å². The lowest BCUT2D eigenvalue weighted by Crippen LogP contribution is -2.27. The first-order valence-electron chi connectivity index (χ1n) is 6.49. The van der Waals surface area contributed by atoms with E-state index >= 15 is 0 Å². The van der Waals surface area contributed by atoms with Gasteiger partial charge < -0.3 is 20.2 Å². The van der Waals surface area contributed by atoms with Crippen molar-refractivity contribution in [2.45, 2.75) is 17.9 Å². The van der Waals surface area contributed by atoms with Crippen molar-refractivity contribution in [3.63, 3.8) is 0 Å². The molecule has 0 fully saturated rings. The molecule has 21 heavy (non-hydrogen) atoms. The number of carbonyl (C=O) groups excluding carboxylic acids is 1. The predicted molar refractivity (Wildman–Crippen MR) is 83.4 cm³/mol. The molecule has 1 aromatic heterocycles. The number of hydrogen-bond donors (Lipinski definition) is 2. The molecule has 112 valence electrons. The van der Waals surface area contributed by atoms with Gasteiger partial charge in [0.15, 0.2) is 0 Å². The summed E-state index contributed by atoms with van der Waals surface area (Å²) in [7, 11) is 1.59. The standard InChI is InChI=1S/C15H18N2O3S/c1-10(13-4-3-7-20-13)17-15(18)9-21-14-8-11(19-2)5-6-12(14)16/h3-8,10H,9,16H2,1-2H3,(H,17,18). The minimum atomic E-state index is -0.157. The summed E-state index contributed by atoms with van der Waals surface area (Å²) >= 11 is 1.38. The van der Waals surface area contributed by atoms with Crippen LogP contribution in [0.2, 0.25) is 0 Å². The Morgan fingerprint density at radius 2 is 2.29 bits per heavy atom. The zero-order valence-electron chi connectivity index (χ0n) is 12.0. The highest BCUT2D eigenvalue weighted by atomic mass is 32.2. The summed E-state index contributed by atoms with van der Waals surface area (Å²) in [6.45, 7) is 1.88. The number of nitrogens with one attached hydrogen (secondary N) is 1. The van der Waals surface area contributed by atoms with Gasteiger partial charge in [-0.25, -0.2) is 0 Å². The molecule has 5 nitrogen and oxygen atoms in total. The fourth-order valence-corrected chi connectivity index (χ4v) is 2.61. The lowest BCUT2D eigenvalue weighted by molar-refractivity contribution is -0.119. The molecule has 0 spiro atoms. The van der Waals surface area contributed by atoms with Gasteiger partial charge in [-0.05, 0) is 37.3 Å². The number of rotatable bonds is 6. The molecule has 0 saturated heterocycles. The van der Waals surface area contributed by atoms with Gasteiger partial charge in [0.2, 0.25) is 5.91 Å². The molecule has 3 N–H and O–H groups in total. The van der Waals surface area contributed by atoms with Crippen LogP contribution in [-0.4, -0.2) is 18.8 Å². The van der Waals surface area contributed by atoms with Gasteiger partial charge in [0.05, 0.1) is 25.2 Å². The van der Waals surface area contributed by atoms with Gasteiger partial charge >= 0.3 is 0 Å². The zero-order valence-corrected chi connectivity index (χ0v) is 12.8. The van der Waals surface area contributed by atoms with E-state index in [0.717, 1.165) is 16.4 Å². The number of furan rings is 1. The summed E-state index contributed by atoms with van der Waals surface area (Å²) in [6.07, 6.45) is 1.59. The van der Waals surface area contributed by atoms with Crippen LogP contribution < -0.4 is 15.8 Å². The summed E-state index contributed by atoms with van der Waals surface area (Å²) in [6, 6.07) is 8.85. The lowest BCUT2D eigenvalue weighted by Gasteiger charge is -2.12. The van der Waals surface area contributed by atoms with Gasteiger partial charge in [-0.2, -0.15) is 0 Å². The second-order valence-electron chi connectivity index (χ2n) is 4.50. The van der Waals surface area contributed by atoms with E-state index in [-0.39, 0.29) is 17.7 Å². The number of nitrogen functional groups attached to an aromatic ring is 1. The molecule has 0 radical (unpaired) electrons. The zero-order chi connectivity index (χ0) is 15.2. The Kier molecular flexibility index (Phi) is 5.16. The molecule has 2 rings (SSSR count). The molecule has 1 amide bonds. The minimum absolute atomic E-state index is 0.0777. The molecule has 0 aliphatic rings. The fourth-order valence-electron chi connectivity index (χ4n) is 1.80. The van der Waals surface area contributed by atoms with Crippen LogP contribution in [0.5, 0.6) is 5.75 Å². The van der Waals surface area contributed by atoms with Crippen LogP contribution in [0.25, 0.3) is 0 Å². The molecule has 0 bridgehead atoms. The van der Waals surface area contributed by atoms with Crippen LogP contribution in [0.4, 0.5) is 5.69 Å². The molecule has 0 saturated carbocycles. The van der Waals surface area contributed by atoms with Gasteiger partial charge in [-0.3, -0.25) is 4.79 Å². The Labute approximate surface area is 127 Å². The van der Waals surface area contributed by atoms with Crippen molar-refractivity contribution < 1.29 is 13.9 Å². The van der Waals surface area contributed by atoms with Crippen molar-refractivity contribution in [3.8, 4) is 5.75 Å². The summed E-state index contributed by atoms with van der Waals surface area (Å²) in [5.74, 6) is 1.65. The Hall–Kier alpha value is -2.08. The van der Waals surface area contributed by atoms with Gasteiger partial charge in [-0.15, -0.1) is 11.8 Å². The van der Waals surface area contributed by atoms with E-state index in [0.29, 0.717) is 5.69 Å². The van der Waals surface area contributed by atoms with E-state index in [1.807, 2.05) is 19.1 Å². The second-order valence-corrected chi connectivity index (χ2v) is 5.51. The fraction of sp³-hybridized carbons (Fsp3) is 0.267. The lowest BCUT2D eigenvalue weighted by atomic mass is 10.2. The van der Waals surface area contributed by atoms with Gasteiger partial charge in [-0.1, -0.05) is 0 Å². The first-order valence-corrected chi connectivity index (χ1v) is 7.48. The Morgan fingerprint density at radius 3 is 2.95 bits per heavy atom. The number of benzene rings is 1. The molecular weight excluding hydrogens is 288 g/mol. The molecule has 0 aliphatic carbocycles. The Bertz CT molecular complexity index is 599. The summed E-state index contributed by atoms with van der Waals surface area (Å²) in [5, 5.41) is 2.88. The molecule has 1 aromatic carbocycles. The number of hydrogen-bond acceptors (Lipinski definition) is 5. The Balaban J connectivity index is 1.89. The van der Waals surface area contributed by atoms with Crippen molar-refractivity contribution in [1.82, 2.24) is 5.32 Å². The average Bonchev–Trinajstić information content (AvgIpc) is 3.00. The summed E-state index contributed by atoms with van der Waals surface area (Å²) in [5.41, 5.74) is 6.52. The van der Waals surface area contributed by atoms with E-state index in [2.05, 4.69) is 5.32 Å². The quantitative estimate of drug-likeness (QED) is 0.634. The molecule has 1 atom stereocenters. The summed E-state index contributed by atoms with van der Waals surface area (Å²) < 4.78 is 10.4. The third-order valence-electron chi connectivity index (χ3n) is 2.93. The van der Waals surface area contributed by atoms with Crippen molar-refractivity contribution in [2.24, 2.45) is 0 Å². The largest absolute Gasteiger partial charge is 0.497 e. The minimum Gasteiger partial charge on any atom is -0.497 e. The molecular formula is C15H18N2O3S. The number of nitrogens with two attached hydrogens (primary N) is 1. The maximum atomic E-state index is 11.9. The smallest absolute Gasteiger partial charge is 0.230 e. The highest BCUT2D eigenvalue weighted by Gasteiger charge is 2.12. The van der Waals surface area contributed by atoms with Crippen LogP contribution in [0.3, 0.4) is 0 Å². The SMILES string of the molecule is COc1ccc(N)c(SCC(=O)NC(C)c2ccco2)c1. The maximum Gasteiger partial charge on any atom is 0.230 e. The first kappa shape index (κ1) is 15.3. The first-order chi connectivity index (χ1) is 10.1. The van der Waals surface area contributed by atoms with E-state index in [1.165, 1.54) is 11.8 Å². The number of amides is 1. The van der Waals surface area contributed by atoms with Gasteiger partial charge in [0.1, 0.15) is 11.5 Å². The molecule has 1 unspecified atom stereocenters. The molecule has 1 heterocycles. The summed E-state index contributed by atoms with van der Waals surface area (Å²) in [4.78, 5) is 12.8. The third kappa shape index (κ3) is 4.19. The second kappa shape index (κ2) is 7.08. The number of anilines is 1. The predicted octanol–water partition coefficient (Wildman–Crippen LogP) is 2.84. The number of ether oxygens (including phenoxy) is 1. The third-order valence-corrected chi connectivity index (χ3v) is 4.00. The van der Waals surface area contributed by atoms with Crippen molar-refractivity contribution in [3.05, 3.63) is 42.4 Å². The van der Waals surface area contributed by atoms with E-state index in [4.69, 9.17) is 14.9 Å². The number of methoxy groups -OCH3 is 1. The van der Waals surface area contributed by atoms with Crippen LogP contribution in [0.15, 0.2) is 45.9 Å². The van der Waals surface area contributed by atoms with Crippen LogP contribution in [-0.2, 0) is 4.79 Å². The van der Waals surface area contributed by atoms with E-state index in [9.17, 15) is 4.79 Å². The van der Waals surface area contributed by atoms with Crippen molar-refractivity contribution in [2.75, 3.05) is 18.6 Å². The number of carbonyl (C=O) groups is 1. The number of thioether (sulfide) groups is 1. The van der Waals surface area contributed by atoms with E-state index in [1.54, 1.807) is 31.6 Å². The molecule has 0 aliphatic heterocycles. The van der Waals surface area contributed by atoms with Gasteiger partial charge in [0, 0.05) is 10.6 Å². The monoisotopic (exact) mass is 306 g/mol. The normalized spacial score (nSPS) is 11.9. The van der Waals surface area contributed by atoms with Crippen LogP contribution >= 0.6 is 11.8 Å². The van der Waals surface area contributed by atoms with Crippen molar-refractivity contribution >= 4 is 23.4 Å². The van der Waals surface area contributed by atoms with Crippen LogP contribution in [0, 0.1) is 0 Å². The van der Waals surface area contributed by atoms with Gasteiger partial charge in [0.25, 0.3) is 0 Å². The Morgan fingerprint density at radius 1 is 1.48 bits per heavy atom.